The second-order valence-electron chi connectivity index (χ2n) is 7.05. The molecule has 2 aromatic carbocycles. The largest absolute Gasteiger partial charge is 0.393 e. The quantitative estimate of drug-likeness (QED) is 0.850. The van der Waals surface area contributed by atoms with Crippen molar-refractivity contribution in [3.63, 3.8) is 0 Å². The van der Waals surface area contributed by atoms with Crippen LogP contribution in [0.15, 0.2) is 48.5 Å². The molecule has 2 N–H and O–H groups in total. The van der Waals surface area contributed by atoms with Crippen molar-refractivity contribution in [3.05, 3.63) is 70.8 Å². The van der Waals surface area contributed by atoms with E-state index in [9.17, 15) is 10.2 Å². The summed E-state index contributed by atoms with van der Waals surface area (Å²) >= 11 is 0. The average Bonchev–Trinajstić information content (AvgIpc) is 2.46. The third-order valence-electron chi connectivity index (χ3n) is 4.41. The molecule has 0 spiro atoms. The number of benzene rings is 2. The van der Waals surface area contributed by atoms with Crippen LogP contribution in [0.2, 0.25) is 0 Å². The van der Waals surface area contributed by atoms with Crippen LogP contribution in [0.5, 0.6) is 0 Å². The summed E-state index contributed by atoms with van der Waals surface area (Å²) in [6.07, 6.45) is 0.579. The van der Waals surface area contributed by atoms with Crippen LogP contribution in [0.3, 0.4) is 0 Å². The molecule has 0 bridgehead atoms. The molecule has 2 atom stereocenters. The summed E-state index contributed by atoms with van der Waals surface area (Å²) < 4.78 is 0. The van der Waals surface area contributed by atoms with E-state index < -0.39 is 0 Å². The second kappa shape index (κ2) is 7.29. The van der Waals surface area contributed by atoms with Gasteiger partial charge in [0, 0.05) is 5.41 Å². The van der Waals surface area contributed by atoms with Crippen LogP contribution in [0.1, 0.15) is 49.9 Å². The number of hydrogen-bond acceptors (Lipinski definition) is 2. The summed E-state index contributed by atoms with van der Waals surface area (Å²) in [6.45, 7) is 8.08. The Bertz CT molecular complexity index is 586. The number of aliphatic hydroxyl groups is 2. The number of rotatable bonds is 6. The summed E-state index contributed by atoms with van der Waals surface area (Å²) in [5.41, 5.74) is 4.65. The second-order valence-corrected chi connectivity index (χ2v) is 7.05. The Morgan fingerprint density at radius 2 is 1.09 bits per heavy atom. The summed E-state index contributed by atoms with van der Waals surface area (Å²) in [6, 6.07) is 16.7. The Kier molecular flexibility index (Phi) is 5.61. The van der Waals surface area contributed by atoms with Gasteiger partial charge in [-0.25, -0.2) is 0 Å². The van der Waals surface area contributed by atoms with Crippen LogP contribution in [0.25, 0.3) is 0 Å². The fourth-order valence-electron chi connectivity index (χ4n) is 3.40. The molecule has 0 heterocycles. The van der Waals surface area contributed by atoms with Gasteiger partial charge in [0.05, 0.1) is 12.2 Å². The molecule has 124 valence electrons. The Hall–Kier alpha value is -1.64. The maximum absolute atomic E-state index is 9.81. The molecule has 2 heteroatoms. The Morgan fingerprint density at radius 3 is 1.43 bits per heavy atom. The fourth-order valence-corrected chi connectivity index (χ4v) is 3.40. The lowest BCUT2D eigenvalue weighted by atomic mass is 9.73. The maximum Gasteiger partial charge on any atom is 0.0552 e. The molecule has 2 unspecified atom stereocenters. The molecule has 2 aromatic rings. The highest BCUT2D eigenvalue weighted by molar-refractivity contribution is 5.46. The summed E-state index contributed by atoms with van der Waals surface area (Å²) in [4.78, 5) is 0. The predicted molar refractivity (Wildman–Crippen MR) is 95.8 cm³/mol. The molecule has 0 fully saturated rings. The van der Waals surface area contributed by atoms with E-state index in [2.05, 4.69) is 50.2 Å². The Morgan fingerprint density at radius 1 is 0.739 bits per heavy atom. The third kappa shape index (κ3) is 4.21. The van der Waals surface area contributed by atoms with Crippen molar-refractivity contribution < 1.29 is 10.2 Å². The molecule has 0 aliphatic carbocycles. The summed E-state index contributed by atoms with van der Waals surface area (Å²) in [5, 5.41) is 19.6. The molecule has 0 saturated heterocycles. The van der Waals surface area contributed by atoms with E-state index in [-0.39, 0.29) is 17.6 Å². The van der Waals surface area contributed by atoms with Gasteiger partial charge in [-0.2, -0.15) is 0 Å². The van der Waals surface area contributed by atoms with E-state index in [4.69, 9.17) is 0 Å². The van der Waals surface area contributed by atoms with Gasteiger partial charge in [0.1, 0.15) is 0 Å². The van der Waals surface area contributed by atoms with Crippen LogP contribution < -0.4 is 0 Å². The maximum atomic E-state index is 9.81. The first-order chi connectivity index (χ1) is 10.8. The van der Waals surface area contributed by atoms with E-state index in [1.807, 2.05) is 26.0 Å². The molecule has 0 aliphatic heterocycles. The monoisotopic (exact) mass is 312 g/mol. The van der Waals surface area contributed by atoms with Crippen LogP contribution >= 0.6 is 0 Å². The first kappa shape index (κ1) is 17.7. The van der Waals surface area contributed by atoms with Crippen molar-refractivity contribution in [2.24, 2.45) is 0 Å². The smallest absolute Gasteiger partial charge is 0.0552 e. The van der Waals surface area contributed by atoms with Crippen LogP contribution in [0.4, 0.5) is 0 Å². The van der Waals surface area contributed by atoms with Crippen molar-refractivity contribution in [3.8, 4) is 0 Å². The van der Waals surface area contributed by atoms with Crippen molar-refractivity contribution in [1.82, 2.24) is 0 Å². The average molecular weight is 312 g/mol. The van der Waals surface area contributed by atoms with Crippen LogP contribution in [-0.2, 0) is 18.3 Å². The van der Waals surface area contributed by atoms with Crippen LogP contribution in [-0.4, -0.2) is 22.4 Å². The Labute approximate surface area is 139 Å². The van der Waals surface area contributed by atoms with Gasteiger partial charge in [-0.05, 0) is 48.9 Å². The van der Waals surface area contributed by atoms with Crippen molar-refractivity contribution >= 4 is 0 Å². The van der Waals surface area contributed by atoms with Gasteiger partial charge in [0.2, 0.25) is 0 Å². The molecular weight excluding hydrogens is 284 g/mol. The van der Waals surface area contributed by atoms with Gasteiger partial charge in [-0.1, -0.05) is 62.4 Å². The lowest BCUT2D eigenvalue weighted by Crippen LogP contribution is -2.24. The highest BCUT2D eigenvalue weighted by atomic mass is 16.3. The molecule has 0 amide bonds. The predicted octanol–water partition coefficient (Wildman–Crippen LogP) is 3.86. The Balaban J connectivity index is 2.51. The standard InChI is InChI=1S/C21H28O2/c1-15(22)13-17-9-5-7-11-19(17)21(3,4)20-12-8-6-10-18(20)14-16(2)23/h5-12,15-16,22-23H,13-14H2,1-4H3. The SMILES string of the molecule is CC(O)Cc1ccccc1C(C)(C)c1ccccc1CC(C)O. The number of aliphatic hydroxyl groups excluding tert-OH is 2. The van der Waals surface area contributed by atoms with Gasteiger partial charge < -0.3 is 10.2 Å². The van der Waals surface area contributed by atoms with E-state index in [0.29, 0.717) is 12.8 Å². The topological polar surface area (TPSA) is 40.5 Å². The molecule has 0 radical (unpaired) electrons. The molecule has 0 aromatic heterocycles. The molecule has 0 saturated carbocycles. The normalized spacial score (nSPS) is 14.5. The van der Waals surface area contributed by atoms with Crippen LogP contribution in [0, 0.1) is 0 Å². The third-order valence-corrected chi connectivity index (χ3v) is 4.41. The molecule has 0 aliphatic rings. The zero-order valence-corrected chi connectivity index (χ0v) is 14.6. The minimum absolute atomic E-state index is 0.184. The van der Waals surface area contributed by atoms with E-state index in [0.717, 1.165) is 0 Å². The lowest BCUT2D eigenvalue weighted by molar-refractivity contribution is 0.194. The van der Waals surface area contributed by atoms with Gasteiger partial charge in [-0.15, -0.1) is 0 Å². The number of hydrogen-bond donors (Lipinski definition) is 2. The highest BCUT2D eigenvalue weighted by Gasteiger charge is 2.28. The minimum Gasteiger partial charge on any atom is -0.393 e. The van der Waals surface area contributed by atoms with Gasteiger partial charge >= 0.3 is 0 Å². The van der Waals surface area contributed by atoms with Crippen molar-refractivity contribution in [2.75, 3.05) is 0 Å². The van der Waals surface area contributed by atoms with E-state index in [1.54, 1.807) is 0 Å². The van der Waals surface area contributed by atoms with E-state index >= 15 is 0 Å². The summed E-state index contributed by atoms with van der Waals surface area (Å²) in [5.74, 6) is 0. The summed E-state index contributed by atoms with van der Waals surface area (Å²) in [7, 11) is 0. The molecule has 2 nitrogen and oxygen atoms in total. The molecule has 23 heavy (non-hydrogen) atoms. The van der Waals surface area contributed by atoms with Gasteiger partial charge in [-0.3, -0.25) is 0 Å². The lowest BCUT2D eigenvalue weighted by Gasteiger charge is -2.31. The highest BCUT2D eigenvalue weighted by Crippen LogP contribution is 2.36. The zero-order valence-electron chi connectivity index (χ0n) is 14.6. The van der Waals surface area contributed by atoms with Gasteiger partial charge in [0.25, 0.3) is 0 Å². The fraction of sp³-hybridized carbons (Fsp3) is 0.429. The zero-order chi connectivity index (χ0) is 17.0. The molecule has 2 rings (SSSR count). The first-order valence-corrected chi connectivity index (χ1v) is 8.35. The molecular formula is C21H28O2. The van der Waals surface area contributed by atoms with Crippen molar-refractivity contribution in [1.29, 1.82) is 0 Å². The van der Waals surface area contributed by atoms with Crippen molar-refractivity contribution in [2.45, 2.75) is 58.2 Å². The first-order valence-electron chi connectivity index (χ1n) is 8.35. The van der Waals surface area contributed by atoms with E-state index in [1.165, 1.54) is 22.3 Å². The van der Waals surface area contributed by atoms with Gasteiger partial charge in [0.15, 0.2) is 0 Å². The minimum atomic E-state index is -0.361.